The lowest BCUT2D eigenvalue weighted by Crippen LogP contribution is -2.47. The molecule has 7 nitrogen and oxygen atoms in total. The number of methoxy groups -OCH3 is 1. The van der Waals surface area contributed by atoms with Crippen LogP contribution in [0.15, 0.2) is 91.5 Å². The maximum Gasteiger partial charge on any atom is 0.247 e. The van der Waals surface area contributed by atoms with E-state index < -0.39 is 6.04 Å². The van der Waals surface area contributed by atoms with Crippen LogP contribution >= 0.6 is 0 Å². The number of benzene rings is 1. The highest BCUT2D eigenvalue weighted by Gasteiger charge is 2.38. The van der Waals surface area contributed by atoms with Crippen LogP contribution in [-0.2, 0) is 11.2 Å². The minimum Gasteiger partial charge on any atom is -0.480 e. The van der Waals surface area contributed by atoms with Gasteiger partial charge >= 0.3 is 0 Å². The number of ether oxygens (including phenoxy) is 1. The van der Waals surface area contributed by atoms with Crippen molar-refractivity contribution in [3.05, 3.63) is 97.1 Å². The Morgan fingerprint density at radius 2 is 1.77 bits per heavy atom. The number of nitrogens with zero attached hydrogens (tertiary/aromatic N) is 4. The zero-order chi connectivity index (χ0) is 24.0. The molecular weight excluding hydrogens is 438 g/mol. The molecule has 7 heteroatoms. The molecule has 0 aliphatic heterocycles. The first-order chi connectivity index (χ1) is 17.2. The topological polar surface area (TPSA) is 80.2 Å². The first-order valence-electron chi connectivity index (χ1n) is 11.7. The van der Waals surface area contributed by atoms with E-state index in [4.69, 9.17) is 4.74 Å². The van der Waals surface area contributed by atoms with Gasteiger partial charge in [0.15, 0.2) is 0 Å². The largest absolute Gasteiger partial charge is 0.480 e. The van der Waals surface area contributed by atoms with Gasteiger partial charge in [0.25, 0.3) is 0 Å². The van der Waals surface area contributed by atoms with Gasteiger partial charge in [0.05, 0.1) is 7.11 Å². The van der Waals surface area contributed by atoms with Crippen LogP contribution in [0.2, 0.25) is 0 Å². The molecule has 1 saturated carbocycles. The monoisotopic (exact) mass is 465 g/mol. The third-order valence-corrected chi connectivity index (χ3v) is 6.08. The summed E-state index contributed by atoms with van der Waals surface area (Å²) in [5.74, 6) is 1.05. The molecule has 0 saturated heterocycles. The molecule has 1 atom stereocenters. The summed E-state index contributed by atoms with van der Waals surface area (Å²) in [4.78, 5) is 29.2. The Balaban J connectivity index is 1.49. The van der Waals surface area contributed by atoms with E-state index in [1.54, 1.807) is 31.9 Å². The van der Waals surface area contributed by atoms with Crippen LogP contribution in [0.25, 0.3) is 11.1 Å². The number of amides is 1. The third-order valence-electron chi connectivity index (χ3n) is 6.08. The molecule has 5 rings (SSSR count). The molecule has 4 aromatic rings. The standard InChI is InChI=1S/C28H27N5O2/c1-35-28-24(18-22(19-31-28)21-12-15-29-16-13-21)32-27(34)25(17-20-7-3-2-4-8-20)33(23-10-11-23)26-9-5-6-14-30-26/h2-9,12-16,18-19,23,25H,10-11,17H2,1H3,(H,32,34)/t25-/m0/s1. The van der Waals surface area contributed by atoms with Crippen LogP contribution in [0.3, 0.4) is 0 Å². The SMILES string of the molecule is COc1ncc(-c2ccncc2)cc1NC(=O)[C@H](Cc1ccccc1)N(c1ccccn1)C1CC1. The summed E-state index contributed by atoms with van der Waals surface area (Å²) in [5, 5.41) is 3.11. The van der Waals surface area contributed by atoms with Gasteiger partial charge < -0.3 is 15.0 Å². The number of carbonyl (C=O) groups excluding carboxylic acids is 1. The maximum atomic E-state index is 13.9. The Labute approximate surface area is 204 Å². The van der Waals surface area contributed by atoms with Crippen LogP contribution in [0.5, 0.6) is 5.88 Å². The molecule has 1 fully saturated rings. The van der Waals surface area contributed by atoms with E-state index in [0.717, 1.165) is 35.3 Å². The highest BCUT2D eigenvalue weighted by molar-refractivity contribution is 5.98. The number of anilines is 2. The Morgan fingerprint density at radius 3 is 2.46 bits per heavy atom. The van der Waals surface area contributed by atoms with Gasteiger partial charge in [-0.3, -0.25) is 9.78 Å². The van der Waals surface area contributed by atoms with Crippen LogP contribution < -0.4 is 15.0 Å². The summed E-state index contributed by atoms with van der Waals surface area (Å²) in [6.07, 6.45) is 9.60. The van der Waals surface area contributed by atoms with E-state index in [2.05, 4.69) is 37.3 Å². The second kappa shape index (κ2) is 10.3. The van der Waals surface area contributed by atoms with Crippen LogP contribution in [0, 0.1) is 0 Å². The van der Waals surface area contributed by atoms with E-state index >= 15 is 0 Å². The molecule has 0 radical (unpaired) electrons. The quantitative estimate of drug-likeness (QED) is 0.384. The number of nitrogens with one attached hydrogen (secondary N) is 1. The summed E-state index contributed by atoms with van der Waals surface area (Å²) in [6, 6.07) is 21.4. The number of rotatable bonds is 9. The minimum absolute atomic E-state index is 0.126. The van der Waals surface area contributed by atoms with E-state index in [9.17, 15) is 4.79 Å². The number of hydrogen-bond acceptors (Lipinski definition) is 6. The molecule has 0 spiro atoms. The van der Waals surface area contributed by atoms with Crippen LogP contribution in [0.4, 0.5) is 11.5 Å². The van der Waals surface area contributed by atoms with Crippen molar-refractivity contribution >= 4 is 17.4 Å². The molecular formula is C28H27N5O2. The molecule has 35 heavy (non-hydrogen) atoms. The molecule has 0 unspecified atom stereocenters. The van der Waals surface area contributed by atoms with Crippen molar-refractivity contribution in [3.63, 3.8) is 0 Å². The van der Waals surface area contributed by atoms with E-state index in [0.29, 0.717) is 18.0 Å². The van der Waals surface area contributed by atoms with Crippen molar-refractivity contribution in [1.82, 2.24) is 15.0 Å². The van der Waals surface area contributed by atoms with Crippen molar-refractivity contribution < 1.29 is 9.53 Å². The molecule has 1 aliphatic carbocycles. The smallest absolute Gasteiger partial charge is 0.247 e. The van der Waals surface area contributed by atoms with Gasteiger partial charge in [-0.05, 0) is 54.3 Å². The van der Waals surface area contributed by atoms with Crippen molar-refractivity contribution in [2.45, 2.75) is 31.3 Å². The van der Waals surface area contributed by atoms with Crippen molar-refractivity contribution in [3.8, 4) is 17.0 Å². The second-order valence-electron chi connectivity index (χ2n) is 8.54. The van der Waals surface area contributed by atoms with Gasteiger partial charge in [0.2, 0.25) is 11.8 Å². The number of carbonyl (C=O) groups is 1. The second-order valence-corrected chi connectivity index (χ2v) is 8.54. The normalized spacial score (nSPS) is 13.6. The Kier molecular flexibility index (Phi) is 6.66. The Morgan fingerprint density at radius 1 is 1.00 bits per heavy atom. The minimum atomic E-state index is -0.450. The van der Waals surface area contributed by atoms with Crippen LogP contribution in [0.1, 0.15) is 18.4 Å². The Bertz CT molecular complexity index is 1260. The average molecular weight is 466 g/mol. The van der Waals surface area contributed by atoms with Crippen molar-refractivity contribution in [2.24, 2.45) is 0 Å². The summed E-state index contributed by atoms with van der Waals surface area (Å²) in [6.45, 7) is 0. The maximum absolute atomic E-state index is 13.9. The number of hydrogen-bond donors (Lipinski definition) is 1. The fraction of sp³-hybridized carbons (Fsp3) is 0.214. The highest BCUT2D eigenvalue weighted by Crippen LogP contribution is 2.34. The first kappa shape index (κ1) is 22.5. The van der Waals surface area contributed by atoms with Gasteiger partial charge in [-0.25, -0.2) is 9.97 Å². The summed E-state index contributed by atoms with van der Waals surface area (Å²) < 4.78 is 5.48. The van der Waals surface area contributed by atoms with Gasteiger partial charge in [-0.1, -0.05) is 36.4 Å². The number of pyridine rings is 3. The van der Waals surface area contributed by atoms with E-state index in [1.807, 2.05) is 54.6 Å². The first-order valence-corrected chi connectivity index (χ1v) is 11.7. The predicted octanol–water partition coefficient (Wildman–Crippen LogP) is 4.77. The third kappa shape index (κ3) is 5.30. The molecule has 0 bridgehead atoms. The molecule has 1 N–H and O–H groups in total. The van der Waals surface area contributed by atoms with Crippen molar-refractivity contribution in [1.29, 1.82) is 0 Å². The van der Waals surface area contributed by atoms with Gasteiger partial charge in [0, 0.05) is 42.8 Å². The van der Waals surface area contributed by atoms with E-state index in [1.165, 1.54) is 0 Å². The fourth-order valence-corrected chi connectivity index (χ4v) is 4.24. The van der Waals surface area contributed by atoms with Gasteiger partial charge in [-0.2, -0.15) is 0 Å². The summed E-state index contributed by atoms with van der Waals surface area (Å²) in [5.41, 5.74) is 3.44. The highest BCUT2D eigenvalue weighted by atomic mass is 16.5. The molecule has 3 aromatic heterocycles. The predicted molar refractivity (Wildman–Crippen MR) is 136 cm³/mol. The molecule has 3 heterocycles. The zero-order valence-corrected chi connectivity index (χ0v) is 19.5. The lowest BCUT2D eigenvalue weighted by Gasteiger charge is -2.32. The lowest BCUT2D eigenvalue weighted by molar-refractivity contribution is -0.117. The molecule has 1 aromatic carbocycles. The van der Waals surface area contributed by atoms with Crippen LogP contribution in [-0.4, -0.2) is 40.1 Å². The van der Waals surface area contributed by atoms with Crippen molar-refractivity contribution in [2.75, 3.05) is 17.3 Å². The molecule has 1 amide bonds. The average Bonchev–Trinajstić information content (AvgIpc) is 3.75. The van der Waals surface area contributed by atoms with E-state index in [-0.39, 0.29) is 11.9 Å². The van der Waals surface area contributed by atoms with Gasteiger partial charge in [0.1, 0.15) is 17.5 Å². The number of aromatic nitrogens is 3. The zero-order valence-electron chi connectivity index (χ0n) is 19.5. The van der Waals surface area contributed by atoms with Gasteiger partial charge in [-0.15, -0.1) is 0 Å². The summed E-state index contributed by atoms with van der Waals surface area (Å²) in [7, 11) is 1.55. The molecule has 176 valence electrons. The summed E-state index contributed by atoms with van der Waals surface area (Å²) >= 11 is 0. The fourth-order valence-electron chi connectivity index (χ4n) is 4.24. The lowest BCUT2D eigenvalue weighted by atomic mass is 10.0. The Hall–Kier alpha value is -4.26. The molecule has 1 aliphatic rings.